The van der Waals surface area contributed by atoms with Crippen LogP contribution >= 0.6 is 39.3 Å². The van der Waals surface area contributed by atoms with Crippen LogP contribution in [0, 0.1) is 5.82 Å². The van der Waals surface area contributed by atoms with Crippen molar-refractivity contribution in [2.45, 2.75) is 9.79 Å². The summed E-state index contributed by atoms with van der Waals surface area (Å²) in [5.74, 6) is -0.385. The molecule has 0 nitrogen and oxygen atoms in total. The zero-order chi connectivity index (χ0) is 11.5. The SMILES string of the molecule is Fc1cc(Sc2ccc(Br)cc2)ccc1Cl. The van der Waals surface area contributed by atoms with Gasteiger partial charge < -0.3 is 0 Å². The van der Waals surface area contributed by atoms with Gasteiger partial charge >= 0.3 is 0 Å². The molecule has 0 radical (unpaired) electrons. The molecular formula is C12H7BrClFS. The van der Waals surface area contributed by atoms with E-state index in [2.05, 4.69) is 15.9 Å². The van der Waals surface area contributed by atoms with Gasteiger partial charge in [-0.2, -0.15) is 0 Å². The zero-order valence-corrected chi connectivity index (χ0v) is 11.2. The fraction of sp³-hybridized carbons (Fsp3) is 0. The lowest BCUT2D eigenvalue weighted by molar-refractivity contribution is 0.624. The lowest BCUT2D eigenvalue weighted by atomic mass is 10.3. The Morgan fingerprint density at radius 2 is 1.62 bits per heavy atom. The standard InChI is InChI=1S/C12H7BrClFS/c13-8-1-3-9(4-2-8)16-10-5-6-11(14)12(15)7-10/h1-7H. The molecule has 0 aromatic heterocycles. The average molecular weight is 318 g/mol. The summed E-state index contributed by atoms with van der Waals surface area (Å²) in [5.41, 5.74) is 0. The first-order valence-electron chi connectivity index (χ1n) is 4.53. The van der Waals surface area contributed by atoms with Gasteiger partial charge in [0.25, 0.3) is 0 Å². The molecule has 0 aliphatic carbocycles. The zero-order valence-electron chi connectivity index (χ0n) is 8.08. The minimum atomic E-state index is -0.385. The second-order valence-electron chi connectivity index (χ2n) is 3.13. The smallest absolute Gasteiger partial charge is 0.142 e. The first-order chi connectivity index (χ1) is 7.65. The highest BCUT2D eigenvalue weighted by atomic mass is 79.9. The second-order valence-corrected chi connectivity index (χ2v) is 5.60. The molecule has 0 bridgehead atoms. The van der Waals surface area contributed by atoms with Crippen LogP contribution in [0.15, 0.2) is 56.7 Å². The summed E-state index contributed by atoms with van der Waals surface area (Å²) >= 11 is 10.5. The molecule has 2 aromatic carbocycles. The fourth-order valence-electron chi connectivity index (χ4n) is 1.18. The maximum absolute atomic E-state index is 13.2. The molecule has 0 saturated carbocycles. The molecule has 2 rings (SSSR count). The molecule has 0 spiro atoms. The maximum Gasteiger partial charge on any atom is 0.142 e. The van der Waals surface area contributed by atoms with E-state index in [0.717, 1.165) is 14.3 Å². The third-order valence-electron chi connectivity index (χ3n) is 1.94. The van der Waals surface area contributed by atoms with Crippen molar-refractivity contribution in [2.75, 3.05) is 0 Å². The quantitative estimate of drug-likeness (QED) is 0.715. The summed E-state index contributed by atoms with van der Waals surface area (Å²) in [7, 11) is 0. The van der Waals surface area contributed by atoms with Gasteiger partial charge in [0, 0.05) is 14.3 Å². The molecule has 0 unspecified atom stereocenters. The largest absolute Gasteiger partial charge is 0.205 e. The fourth-order valence-corrected chi connectivity index (χ4v) is 2.40. The third-order valence-corrected chi connectivity index (χ3v) is 3.77. The summed E-state index contributed by atoms with van der Waals surface area (Å²) in [6.45, 7) is 0. The second kappa shape index (κ2) is 5.21. The number of rotatable bonds is 2. The van der Waals surface area contributed by atoms with E-state index in [1.165, 1.54) is 17.8 Å². The molecule has 2 aromatic rings. The number of hydrogen-bond donors (Lipinski definition) is 0. The lowest BCUT2D eigenvalue weighted by Crippen LogP contribution is -1.78. The molecule has 0 fully saturated rings. The van der Waals surface area contributed by atoms with Crippen LogP contribution in [0.25, 0.3) is 0 Å². The Morgan fingerprint density at radius 1 is 1.00 bits per heavy atom. The van der Waals surface area contributed by atoms with Crippen LogP contribution in [-0.4, -0.2) is 0 Å². The van der Waals surface area contributed by atoms with Gasteiger partial charge in [0.1, 0.15) is 5.82 Å². The average Bonchev–Trinajstić information content (AvgIpc) is 2.27. The monoisotopic (exact) mass is 316 g/mol. The van der Waals surface area contributed by atoms with Crippen LogP contribution in [0.5, 0.6) is 0 Å². The van der Waals surface area contributed by atoms with Gasteiger partial charge in [-0.05, 0) is 42.5 Å². The maximum atomic E-state index is 13.2. The topological polar surface area (TPSA) is 0 Å². The Balaban J connectivity index is 2.20. The molecule has 0 heterocycles. The van der Waals surface area contributed by atoms with E-state index in [9.17, 15) is 4.39 Å². The van der Waals surface area contributed by atoms with E-state index >= 15 is 0 Å². The highest BCUT2D eigenvalue weighted by Crippen LogP contribution is 2.30. The molecule has 4 heteroatoms. The van der Waals surface area contributed by atoms with Gasteiger partial charge in [-0.15, -0.1) is 0 Å². The van der Waals surface area contributed by atoms with Gasteiger partial charge in [-0.3, -0.25) is 0 Å². The summed E-state index contributed by atoms with van der Waals surface area (Å²) in [6.07, 6.45) is 0. The van der Waals surface area contributed by atoms with Crippen molar-refractivity contribution in [1.82, 2.24) is 0 Å². The van der Waals surface area contributed by atoms with E-state index in [0.29, 0.717) is 0 Å². The van der Waals surface area contributed by atoms with Crippen LogP contribution in [0.4, 0.5) is 4.39 Å². The molecule has 0 saturated heterocycles. The Bertz CT molecular complexity index is 499. The third kappa shape index (κ3) is 3.00. The first-order valence-corrected chi connectivity index (χ1v) is 6.52. The van der Waals surface area contributed by atoms with Crippen molar-refractivity contribution < 1.29 is 4.39 Å². The van der Waals surface area contributed by atoms with E-state index in [1.54, 1.807) is 12.1 Å². The first kappa shape index (κ1) is 12.0. The van der Waals surface area contributed by atoms with Crippen LogP contribution in [0.3, 0.4) is 0 Å². The Labute approximate surface area is 111 Å². The van der Waals surface area contributed by atoms with Gasteiger partial charge in [0.2, 0.25) is 0 Å². The van der Waals surface area contributed by atoms with Gasteiger partial charge in [-0.1, -0.05) is 39.3 Å². The molecule has 0 N–H and O–H groups in total. The van der Waals surface area contributed by atoms with Crippen molar-refractivity contribution in [3.63, 3.8) is 0 Å². The normalized spacial score (nSPS) is 10.4. The molecule has 0 aliphatic heterocycles. The molecule has 0 atom stereocenters. The van der Waals surface area contributed by atoms with Crippen molar-refractivity contribution in [3.8, 4) is 0 Å². The minimum absolute atomic E-state index is 0.153. The van der Waals surface area contributed by atoms with Crippen LogP contribution in [0.1, 0.15) is 0 Å². The molecule has 0 amide bonds. The Kier molecular flexibility index (Phi) is 3.90. The predicted octanol–water partition coefficient (Wildman–Crippen LogP) is 5.39. The van der Waals surface area contributed by atoms with E-state index in [1.807, 2.05) is 24.3 Å². The van der Waals surface area contributed by atoms with Crippen LogP contribution in [0.2, 0.25) is 5.02 Å². The highest BCUT2D eigenvalue weighted by molar-refractivity contribution is 9.10. The van der Waals surface area contributed by atoms with Crippen LogP contribution in [-0.2, 0) is 0 Å². The molecule has 16 heavy (non-hydrogen) atoms. The molecular weight excluding hydrogens is 311 g/mol. The number of hydrogen-bond acceptors (Lipinski definition) is 1. The summed E-state index contributed by atoms with van der Waals surface area (Å²) in [4.78, 5) is 1.90. The number of benzene rings is 2. The van der Waals surface area contributed by atoms with Crippen molar-refractivity contribution in [2.24, 2.45) is 0 Å². The highest BCUT2D eigenvalue weighted by Gasteiger charge is 2.02. The van der Waals surface area contributed by atoms with E-state index in [-0.39, 0.29) is 10.8 Å². The molecule has 82 valence electrons. The summed E-state index contributed by atoms with van der Waals surface area (Å²) in [5, 5.41) is 0.153. The van der Waals surface area contributed by atoms with Crippen molar-refractivity contribution >= 4 is 39.3 Å². The van der Waals surface area contributed by atoms with Crippen molar-refractivity contribution in [1.29, 1.82) is 0 Å². The minimum Gasteiger partial charge on any atom is -0.205 e. The molecule has 0 aliphatic rings. The Morgan fingerprint density at radius 3 is 2.25 bits per heavy atom. The lowest BCUT2D eigenvalue weighted by Gasteiger charge is -2.02. The Hall–Kier alpha value is -0.510. The number of halogens is 3. The van der Waals surface area contributed by atoms with E-state index < -0.39 is 0 Å². The summed E-state index contributed by atoms with van der Waals surface area (Å²) < 4.78 is 14.2. The van der Waals surface area contributed by atoms with Gasteiger partial charge in [0.15, 0.2) is 0 Å². The van der Waals surface area contributed by atoms with Gasteiger partial charge in [0.05, 0.1) is 5.02 Å². The van der Waals surface area contributed by atoms with E-state index in [4.69, 9.17) is 11.6 Å². The predicted molar refractivity (Wildman–Crippen MR) is 69.7 cm³/mol. The van der Waals surface area contributed by atoms with Crippen molar-refractivity contribution in [3.05, 3.63) is 57.8 Å². The van der Waals surface area contributed by atoms with Gasteiger partial charge in [-0.25, -0.2) is 4.39 Å². The summed E-state index contributed by atoms with van der Waals surface area (Å²) in [6, 6.07) is 12.7. The van der Waals surface area contributed by atoms with Crippen LogP contribution < -0.4 is 0 Å².